The minimum absolute atomic E-state index is 0.101. The highest BCUT2D eigenvalue weighted by Gasteiger charge is 2.16. The molecule has 1 aliphatic heterocycles. The van der Waals surface area contributed by atoms with Crippen molar-refractivity contribution >= 4 is 6.29 Å². The lowest BCUT2D eigenvalue weighted by molar-refractivity contribution is -0.120. The number of rotatable bonds is 1. The number of hydrogen-bond acceptors (Lipinski definition) is 2. The maximum absolute atomic E-state index is 10.3. The smallest absolute Gasteiger partial charge is 0.149 e. The molecule has 0 aromatic carbocycles. The molecule has 2 nitrogen and oxygen atoms in total. The van der Waals surface area contributed by atoms with Crippen LogP contribution in [0.25, 0.3) is 0 Å². The molecule has 2 heteroatoms. The number of ether oxygens (including phenoxy) is 1. The number of carbonyl (C=O) groups is 1. The molecule has 0 N–H and O–H groups in total. The minimum atomic E-state index is -0.208. The summed E-state index contributed by atoms with van der Waals surface area (Å²) in [7, 11) is 0. The highest BCUT2D eigenvalue weighted by molar-refractivity contribution is 5.57. The van der Waals surface area contributed by atoms with Crippen molar-refractivity contribution in [1.82, 2.24) is 0 Å². The summed E-state index contributed by atoms with van der Waals surface area (Å²) in [6.45, 7) is 3.97. The van der Waals surface area contributed by atoms with E-state index in [0.717, 1.165) is 12.7 Å². The summed E-state index contributed by atoms with van der Waals surface area (Å²) >= 11 is 0. The van der Waals surface area contributed by atoms with Gasteiger partial charge in [-0.15, -0.1) is 0 Å². The molecule has 0 spiro atoms. The molecule has 0 aromatic heterocycles. The highest BCUT2D eigenvalue weighted by Crippen LogP contribution is 2.16. The second-order valence-corrected chi connectivity index (χ2v) is 2.73. The highest BCUT2D eigenvalue weighted by atomic mass is 16.5. The zero-order valence-corrected chi connectivity index (χ0v) is 6.33. The fraction of sp³-hybridized carbons (Fsp3) is 0.625. The lowest BCUT2D eigenvalue weighted by Crippen LogP contribution is -2.24. The molecular formula is C8H12O2. The van der Waals surface area contributed by atoms with Crippen LogP contribution in [-0.2, 0) is 9.53 Å². The molecule has 0 aliphatic carbocycles. The quantitative estimate of drug-likeness (QED) is 0.405. The van der Waals surface area contributed by atoms with Crippen LogP contribution in [-0.4, -0.2) is 18.5 Å². The number of hydrogen-bond donors (Lipinski definition) is 0. The van der Waals surface area contributed by atoms with Gasteiger partial charge in [-0.3, -0.25) is 0 Å². The maximum Gasteiger partial charge on any atom is 0.149 e. The first-order valence-electron chi connectivity index (χ1n) is 3.50. The monoisotopic (exact) mass is 140 g/mol. The van der Waals surface area contributed by atoms with Crippen molar-refractivity contribution in [3.8, 4) is 0 Å². The molecule has 0 saturated carbocycles. The molecule has 0 fully saturated rings. The first-order chi connectivity index (χ1) is 4.72. The van der Waals surface area contributed by atoms with Gasteiger partial charge in [0.05, 0.1) is 6.10 Å². The molecule has 2 atom stereocenters. The predicted octanol–water partition coefficient (Wildman–Crippen LogP) is 1.31. The van der Waals surface area contributed by atoms with E-state index in [9.17, 15) is 4.79 Å². The van der Waals surface area contributed by atoms with E-state index in [1.807, 2.05) is 19.9 Å². The first kappa shape index (κ1) is 7.48. The van der Waals surface area contributed by atoms with Crippen molar-refractivity contribution in [3.63, 3.8) is 0 Å². The molecular weight excluding hydrogens is 128 g/mol. The van der Waals surface area contributed by atoms with E-state index in [0.29, 0.717) is 0 Å². The average molecular weight is 140 g/mol. The Bertz CT molecular complexity index is 161. The third-order valence-corrected chi connectivity index (χ3v) is 1.58. The van der Waals surface area contributed by atoms with Gasteiger partial charge in [0, 0.05) is 6.42 Å². The maximum atomic E-state index is 10.3. The Balaban J connectivity index is 2.60. The Morgan fingerprint density at radius 2 is 2.50 bits per heavy atom. The summed E-state index contributed by atoms with van der Waals surface area (Å²) in [5.74, 6) is 0. The van der Waals surface area contributed by atoms with Crippen molar-refractivity contribution in [2.24, 2.45) is 0 Å². The average Bonchev–Trinajstić information content (AvgIpc) is 1.85. The van der Waals surface area contributed by atoms with Gasteiger partial charge in [0.25, 0.3) is 0 Å². The first-order valence-corrected chi connectivity index (χ1v) is 3.50. The van der Waals surface area contributed by atoms with E-state index < -0.39 is 0 Å². The van der Waals surface area contributed by atoms with E-state index in [2.05, 4.69) is 0 Å². The van der Waals surface area contributed by atoms with Crippen molar-refractivity contribution in [1.29, 1.82) is 0 Å². The van der Waals surface area contributed by atoms with Crippen LogP contribution in [0.2, 0.25) is 0 Å². The summed E-state index contributed by atoms with van der Waals surface area (Å²) in [6.07, 6.45) is 3.56. The molecule has 2 unspecified atom stereocenters. The summed E-state index contributed by atoms with van der Waals surface area (Å²) in [5.41, 5.74) is 1.25. The lowest BCUT2D eigenvalue weighted by Gasteiger charge is -2.21. The van der Waals surface area contributed by atoms with Gasteiger partial charge in [0.1, 0.15) is 12.4 Å². The Labute approximate surface area is 60.9 Å². The Morgan fingerprint density at radius 3 is 3.00 bits per heavy atom. The third kappa shape index (κ3) is 1.67. The second kappa shape index (κ2) is 2.97. The summed E-state index contributed by atoms with van der Waals surface area (Å²) < 4.78 is 5.26. The van der Waals surface area contributed by atoms with Crippen molar-refractivity contribution in [2.75, 3.05) is 0 Å². The zero-order chi connectivity index (χ0) is 7.56. The summed E-state index contributed by atoms with van der Waals surface area (Å²) in [6, 6.07) is 0. The van der Waals surface area contributed by atoms with Crippen LogP contribution in [0.4, 0.5) is 0 Å². The van der Waals surface area contributed by atoms with Crippen molar-refractivity contribution < 1.29 is 9.53 Å². The minimum Gasteiger partial charge on any atom is -0.363 e. The van der Waals surface area contributed by atoms with Crippen LogP contribution in [0.1, 0.15) is 20.3 Å². The molecule has 10 heavy (non-hydrogen) atoms. The van der Waals surface area contributed by atoms with E-state index in [4.69, 9.17) is 4.74 Å². The van der Waals surface area contributed by atoms with E-state index in [1.54, 1.807) is 0 Å². The van der Waals surface area contributed by atoms with Crippen LogP contribution < -0.4 is 0 Å². The molecule has 0 aromatic rings. The largest absolute Gasteiger partial charge is 0.363 e. The molecule has 1 rings (SSSR count). The molecule has 0 saturated heterocycles. The fourth-order valence-corrected chi connectivity index (χ4v) is 1.23. The summed E-state index contributed by atoms with van der Waals surface area (Å²) in [5, 5.41) is 0. The number of carbonyl (C=O) groups excluding carboxylic acids is 1. The normalized spacial score (nSPS) is 33.2. The standard InChI is InChI=1S/C8H12O2/c1-6-3-7(2)10-8(4-6)5-9/h3,5,7-8H,4H2,1-2H3. The van der Waals surface area contributed by atoms with Gasteiger partial charge in [-0.2, -0.15) is 0 Å². The topological polar surface area (TPSA) is 26.3 Å². The van der Waals surface area contributed by atoms with Gasteiger partial charge in [0.2, 0.25) is 0 Å². The Kier molecular flexibility index (Phi) is 2.22. The van der Waals surface area contributed by atoms with Gasteiger partial charge in [-0.05, 0) is 13.8 Å². The van der Waals surface area contributed by atoms with E-state index in [-0.39, 0.29) is 12.2 Å². The Morgan fingerprint density at radius 1 is 1.80 bits per heavy atom. The molecule has 1 heterocycles. The predicted molar refractivity (Wildman–Crippen MR) is 38.8 cm³/mol. The van der Waals surface area contributed by atoms with Crippen LogP contribution in [0.3, 0.4) is 0 Å². The van der Waals surface area contributed by atoms with Crippen LogP contribution in [0.5, 0.6) is 0 Å². The molecule has 1 aliphatic rings. The zero-order valence-electron chi connectivity index (χ0n) is 6.33. The van der Waals surface area contributed by atoms with Gasteiger partial charge in [-0.25, -0.2) is 0 Å². The Hall–Kier alpha value is -0.630. The summed E-state index contributed by atoms with van der Waals surface area (Å²) in [4.78, 5) is 10.3. The SMILES string of the molecule is CC1=CC(C)OC(C=O)C1. The van der Waals surface area contributed by atoms with Gasteiger partial charge in [0.15, 0.2) is 0 Å². The van der Waals surface area contributed by atoms with Crippen LogP contribution in [0, 0.1) is 0 Å². The fourth-order valence-electron chi connectivity index (χ4n) is 1.23. The molecule has 0 bridgehead atoms. The van der Waals surface area contributed by atoms with Crippen molar-refractivity contribution in [3.05, 3.63) is 11.6 Å². The van der Waals surface area contributed by atoms with Gasteiger partial charge >= 0.3 is 0 Å². The van der Waals surface area contributed by atoms with Crippen LogP contribution in [0.15, 0.2) is 11.6 Å². The van der Waals surface area contributed by atoms with Crippen LogP contribution >= 0.6 is 0 Å². The van der Waals surface area contributed by atoms with Gasteiger partial charge in [-0.1, -0.05) is 11.6 Å². The van der Waals surface area contributed by atoms with Crippen molar-refractivity contribution in [2.45, 2.75) is 32.5 Å². The van der Waals surface area contributed by atoms with Gasteiger partial charge < -0.3 is 9.53 Å². The lowest BCUT2D eigenvalue weighted by atomic mass is 10.1. The molecule has 0 radical (unpaired) electrons. The van der Waals surface area contributed by atoms with E-state index >= 15 is 0 Å². The second-order valence-electron chi connectivity index (χ2n) is 2.73. The number of aldehydes is 1. The third-order valence-electron chi connectivity index (χ3n) is 1.58. The van der Waals surface area contributed by atoms with E-state index in [1.165, 1.54) is 5.57 Å². The molecule has 56 valence electrons. The molecule has 0 amide bonds.